The van der Waals surface area contributed by atoms with Crippen LogP contribution in [0.25, 0.3) is 27.8 Å². The maximum atomic E-state index is 12.8. The minimum atomic E-state index is -0.0696. The largest absolute Gasteiger partial charge is 0.357 e. The predicted octanol–water partition coefficient (Wildman–Crippen LogP) is 4.50. The molecule has 1 fully saturated rings. The van der Waals surface area contributed by atoms with Gasteiger partial charge in [0.15, 0.2) is 0 Å². The van der Waals surface area contributed by atoms with Crippen LogP contribution in [0.2, 0.25) is 0 Å². The molecular weight excluding hydrogens is 500 g/mol. The van der Waals surface area contributed by atoms with Gasteiger partial charge in [-0.05, 0) is 49.2 Å². The zero-order chi connectivity index (χ0) is 27.6. The SMILES string of the molecule is C#Cc1cccc(NC(=O)C2CCN(c3ccc(-c4cc(-c5cnn(C)c5)cn5ncc(C#N)c45)cn3)CC2)c1. The molecule has 0 radical (unpaired) electrons. The van der Waals surface area contributed by atoms with Crippen LogP contribution in [0.15, 0.2) is 73.4 Å². The van der Waals surface area contributed by atoms with Gasteiger partial charge in [-0.1, -0.05) is 12.0 Å². The monoisotopic (exact) mass is 526 g/mol. The van der Waals surface area contributed by atoms with Gasteiger partial charge in [0.05, 0.1) is 23.5 Å². The lowest BCUT2D eigenvalue weighted by Crippen LogP contribution is -2.38. The first kappa shape index (κ1) is 24.9. The topological polar surface area (TPSA) is 104 Å². The fourth-order valence-corrected chi connectivity index (χ4v) is 5.19. The summed E-state index contributed by atoms with van der Waals surface area (Å²) in [5, 5.41) is 21.4. The molecule has 0 atom stereocenters. The van der Waals surface area contributed by atoms with E-state index in [1.165, 1.54) is 0 Å². The van der Waals surface area contributed by atoms with Gasteiger partial charge in [-0.15, -0.1) is 6.42 Å². The van der Waals surface area contributed by atoms with E-state index >= 15 is 0 Å². The standard InChI is InChI=1S/C31H26N8O/c1-3-21-5-4-6-27(13-21)36-31(40)22-9-11-38(12-10-22)29-8-7-23(16-33-29)28-14-24(26-18-34-37(2)19-26)20-39-30(28)25(15-32)17-35-39/h1,4-8,13-14,16-20,22H,9-12H2,2H3,(H,36,40). The molecule has 1 amide bonds. The number of carbonyl (C=O) groups excluding carboxylic acids is 1. The van der Waals surface area contributed by atoms with Crippen LogP contribution < -0.4 is 10.2 Å². The van der Waals surface area contributed by atoms with Crippen LogP contribution in [-0.2, 0) is 11.8 Å². The zero-order valence-electron chi connectivity index (χ0n) is 22.0. The van der Waals surface area contributed by atoms with Gasteiger partial charge in [0.2, 0.25) is 5.91 Å². The molecule has 0 saturated carbocycles. The Morgan fingerprint density at radius 2 is 1.88 bits per heavy atom. The minimum Gasteiger partial charge on any atom is -0.357 e. The number of aromatic nitrogens is 5. The quantitative estimate of drug-likeness (QED) is 0.338. The summed E-state index contributed by atoms with van der Waals surface area (Å²) >= 11 is 0. The number of piperidine rings is 1. The second-order valence-corrected chi connectivity index (χ2v) is 9.89. The van der Waals surface area contributed by atoms with Gasteiger partial charge in [0, 0.05) is 78.2 Å². The van der Waals surface area contributed by atoms with E-state index in [0.29, 0.717) is 5.56 Å². The van der Waals surface area contributed by atoms with Crippen molar-refractivity contribution >= 4 is 22.9 Å². The lowest BCUT2D eigenvalue weighted by molar-refractivity contribution is -0.120. The number of hydrogen-bond acceptors (Lipinski definition) is 6. The molecular formula is C31H26N8O. The lowest BCUT2D eigenvalue weighted by Gasteiger charge is -2.32. The Kier molecular flexibility index (Phi) is 6.47. The van der Waals surface area contributed by atoms with Crippen molar-refractivity contribution in [3.05, 3.63) is 84.6 Å². The normalized spacial score (nSPS) is 13.6. The Hall–Kier alpha value is -5.41. The number of nitriles is 1. The fraction of sp³-hybridized carbons (Fsp3) is 0.194. The molecule has 40 heavy (non-hydrogen) atoms. The average Bonchev–Trinajstić information content (AvgIpc) is 3.63. The Morgan fingerprint density at radius 3 is 2.58 bits per heavy atom. The molecule has 0 unspecified atom stereocenters. The van der Waals surface area contributed by atoms with Crippen LogP contribution in [0.1, 0.15) is 24.0 Å². The number of fused-ring (bicyclic) bond motifs is 1. The number of rotatable bonds is 5. The van der Waals surface area contributed by atoms with Gasteiger partial charge in [0.25, 0.3) is 0 Å². The van der Waals surface area contributed by atoms with Crippen LogP contribution in [0.5, 0.6) is 0 Å². The molecule has 1 aliphatic rings. The molecule has 196 valence electrons. The van der Waals surface area contributed by atoms with Crippen molar-refractivity contribution in [2.45, 2.75) is 12.8 Å². The zero-order valence-corrected chi connectivity index (χ0v) is 22.0. The van der Waals surface area contributed by atoms with E-state index < -0.39 is 0 Å². The Balaban J connectivity index is 1.19. The number of pyridine rings is 2. The number of nitrogens with zero attached hydrogens (tertiary/aromatic N) is 7. The molecule has 1 N–H and O–H groups in total. The summed E-state index contributed by atoms with van der Waals surface area (Å²) in [5.74, 6) is 3.40. The molecule has 9 heteroatoms. The molecule has 9 nitrogen and oxygen atoms in total. The molecule has 0 spiro atoms. The molecule has 1 saturated heterocycles. The summed E-state index contributed by atoms with van der Waals surface area (Å²) in [6.07, 6.45) is 16.0. The number of terminal acetylenes is 1. The van der Waals surface area contributed by atoms with E-state index in [2.05, 4.69) is 38.5 Å². The van der Waals surface area contributed by atoms with Crippen LogP contribution >= 0.6 is 0 Å². The molecule has 6 rings (SSSR count). The predicted molar refractivity (Wildman–Crippen MR) is 153 cm³/mol. The van der Waals surface area contributed by atoms with Gasteiger partial charge < -0.3 is 10.2 Å². The number of nitrogens with one attached hydrogen (secondary N) is 1. The first-order valence-electron chi connectivity index (χ1n) is 13.0. The molecule has 1 aliphatic heterocycles. The molecule has 0 bridgehead atoms. The van der Waals surface area contributed by atoms with E-state index in [-0.39, 0.29) is 11.8 Å². The third-order valence-electron chi connectivity index (χ3n) is 7.32. The van der Waals surface area contributed by atoms with Gasteiger partial charge in [0.1, 0.15) is 11.9 Å². The highest BCUT2D eigenvalue weighted by molar-refractivity contribution is 5.93. The summed E-state index contributed by atoms with van der Waals surface area (Å²) in [4.78, 5) is 19.8. The van der Waals surface area contributed by atoms with Crippen molar-refractivity contribution in [1.29, 1.82) is 5.26 Å². The van der Waals surface area contributed by atoms with Crippen molar-refractivity contribution in [1.82, 2.24) is 24.4 Å². The van der Waals surface area contributed by atoms with Gasteiger partial charge in [-0.3, -0.25) is 9.48 Å². The number of benzene rings is 1. The average molecular weight is 527 g/mol. The highest BCUT2D eigenvalue weighted by atomic mass is 16.1. The van der Waals surface area contributed by atoms with Gasteiger partial charge in [-0.2, -0.15) is 15.5 Å². The second kappa shape index (κ2) is 10.4. The number of hydrogen-bond donors (Lipinski definition) is 1. The summed E-state index contributed by atoms with van der Waals surface area (Å²) in [6.45, 7) is 1.47. The van der Waals surface area contributed by atoms with Crippen LogP contribution in [0.4, 0.5) is 11.5 Å². The molecule has 5 aromatic rings. The van der Waals surface area contributed by atoms with Crippen molar-refractivity contribution in [2.75, 3.05) is 23.3 Å². The maximum absolute atomic E-state index is 12.8. The summed E-state index contributed by atoms with van der Waals surface area (Å²) in [7, 11) is 1.88. The highest BCUT2D eigenvalue weighted by Crippen LogP contribution is 2.33. The van der Waals surface area contributed by atoms with E-state index in [9.17, 15) is 10.1 Å². The van der Waals surface area contributed by atoms with Crippen molar-refractivity contribution in [3.8, 4) is 40.7 Å². The first-order valence-corrected chi connectivity index (χ1v) is 13.0. The summed E-state index contributed by atoms with van der Waals surface area (Å²) < 4.78 is 3.49. The van der Waals surface area contributed by atoms with E-state index in [1.807, 2.05) is 62.0 Å². The highest BCUT2D eigenvalue weighted by Gasteiger charge is 2.26. The Morgan fingerprint density at radius 1 is 1.02 bits per heavy atom. The molecule has 5 heterocycles. The number of aryl methyl sites for hydroxylation is 1. The maximum Gasteiger partial charge on any atom is 0.227 e. The fourth-order valence-electron chi connectivity index (χ4n) is 5.19. The smallest absolute Gasteiger partial charge is 0.227 e. The van der Waals surface area contributed by atoms with Crippen LogP contribution in [-0.4, -0.2) is 43.4 Å². The first-order chi connectivity index (χ1) is 19.5. The van der Waals surface area contributed by atoms with Gasteiger partial charge >= 0.3 is 0 Å². The number of anilines is 2. The van der Waals surface area contributed by atoms with E-state index in [4.69, 9.17) is 11.4 Å². The second-order valence-electron chi connectivity index (χ2n) is 9.89. The summed E-state index contributed by atoms with van der Waals surface area (Å²) in [6, 6.07) is 15.7. The third-order valence-corrected chi connectivity index (χ3v) is 7.32. The van der Waals surface area contributed by atoms with Crippen molar-refractivity contribution in [3.63, 3.8) is 0 Å². The van der Waals surface area contributed by atoms with Gasteiger partial charge in [-0.25, -0.2) is 9.50 Å². The molecule has 1 aromatic carbocycles. The molecule has 0 aliphatic carbocycles. The van der Waals surface area contributed by atoms with Crippen LogP contribution in [0.3, 0.4) is 0 Å². The third kappa shape index (κ3) is 4.77. The minimum absolute atomic E-state index is 0.0174. The van der Waals surface area contributed by atoms with E-state index in [1.54, 1.807) is 21.6 Å². The van der Waals surface area contributed by atoms with Crippen molar-refractivity contribution < 1.29 is 4.79 Å². The lowest BCUT2D eigenvalue weighted by atomic mass is 9.95. The number of amides is 1. The van der Waals surface area contributed by atoms with Crippen molar-refractivity contribution in [2.24, 2.45) is 13.0 Å². The Labute approximate surface area is 231 Å². The number of carbonyl (C=O) groups is 1. The van der Waals surface area contributed by atoms with Crippen LogP contribution in [0, 0.1) is 29.6 Å². The Bertz CT molecular complexity index is 1790. The summed E-state index contributed by atoms with van der Waals surface area (Å²) in [5.41, 5.74) is 6.37. The molecule has 4 aromatic heterocycles. The van der Waals surface area contributed by atoms with E-state index in [0.717, 1.165) is 70.8 Å².